The van der Waals surface area contributed by atoms with Crippen LogP contribution >= 0.6 is 0 Å². The minimum atomic E-state index is -0.802. The summed E-state index contributed by atoms with van der Waals surface area (Å²) in [5.74, 6) is 1.69. The summed E-state index contributed by atoms with van der Waals surface area (Å²) in [6.45, 7) is 8.41. The van der Waals surface area contributed by atoms with E-state index < -0.39 is 10.8 Å². The van der Waals surface area contributed by atoms with Crippen molar-refractivity contribution in [2.24, 2.45) is 11.3 Å². The highest BCUT2D eigenvalue weighted by atomic mass is 32.2. The fraction of sp³-hybridized carbons (Fsp3) is 0.923. The van der Waals surface area contributed by atoms with Crippen molar-refractivity contribution in [3.05, 3.63) is 0 Å². The molecule has 1 fully saturated rings. The minimum absolute atomic E-state index is 0.0873. The SMILES string of the molecule is CCS(=O)CCNC(=O)C(C)(C)C1CCCNC1. The smallest absolute Gasteiger partial charge is 0.226 e. The summed E-state index contributed by atoms with van der Waals surface area (Å²) in [5.41, 5.74) is -0.346. The number of rotatable bonds is 6. The number of piperidine rings is 1. The molecule has 0 aromatic rings. The first-order valence-electron chi connectivity index (χ1n) is 6.82. The van der Waals surface area contributed by atoms with Crippen LogP contribution in [-0.2, 0) is 15.6 Å². The van der Waals surface area contributed by atoms with Crippen LogP contribution in [0, 0.1) is 11.3 Å². The van der Waals surface area contributed by atoms with E-state index in [0.29, 0.717) is 24.0 Å². The Morgan fingerprint density at radius 2 is 2.22 bits per heavy atom. The molecule has 1 rings (SSSR count). The van der Waals surface area contributed by atoms with E-state index in [0.717, 1.165) is 25.9 Å². The first kappa shape index (κ1) is 15.6. The second kappa shape index (κ2) is 7.24. The number of carbonyl (C=O) groups excluding carboxylic acids is 1. The maximum Gasteiger partial charge on any atom is 0.226 e. The van der Waals surface area contributed by atoms with Crippen molar-refractivity contribution < 1.29 is 9.00 Å². The van der Waals surface area contributed by atoms with Gasteiger partial charge in [-0.15, -0.1) is 0 Å². The molecule has 2 N–H and O–H groups in total. The Balaban J connectivity index is 2.40. The highest BCUT2D eigenvalue weighted by molar-refractivity contribution is 7.84. The lowest BCUT2D eigenvalue weighted by atomic mass is 9.74. The Labute approximate surface area is 113 Å². The summed E-state index contributed by atoms with van der Waals surface area (Å²) in [7, 11) is -0.802. The van der Waals surface area contributed by atoms with Gasteiger partial charge in [0.25, 0.3) is 0 Å². The maximum atomic E-state index is 12.2. The van der Waals surface area contributed by atoms with Gasteiger partial charge < -0.3 is 10.6 Å². The molecule has 0 spiro atoms. The summed E-state index contributed by atoms with van der Waals surface area (Å²) in [6.07, 6.45) is 2.25. The van der Waals surface area contributed by atoms with Crippen LogP contribution in [-0.4, -0.2) is 41.3 Å². The van der Waals surface area contributed by atoms with Crippen LogP contribution in [0.4, 0.5) is 0 Å². The Bertz CT molecular complexity index is 299. The molecule has 1 heterocycles. The van der Waals surface area contributed by atoms with Gasteiger partial charge in [-0.25, -0.2) is 0 Å². The van der Waals surface area contributed by atoms with Gasteiger partial charge >= 0.3 is 0 Å². The molecule has 1 aliphatic rings. The van der Waals surface area contributed by atoms with E-state index in [1.165, 1.54) is 0 Å². The molecule has 0 aromatic heterocycles. The van der Waals surface area contributed by atoms with Crippen molar-refractivity contribution >= 4 is 16.7 Å². The Morgan fingerprint density at radius 1 is 1.50 bits per heavy atom. The zero-order valence-electron chi connectivity index (χ0n) is 11.8. The van der Waals surface area contributed by atoms with Gasteiger partial charge in [0.2, 0.25) is 5.91 Å². The number of hydrogen-bond donors (Lipinski definition) is 2. The van der Waals surface area contributed by atoms with E-state index >= 15 is 0 Å². The van der Waals surface area contributed by atoms with E-state index in [1.54, 1.807) is 0 Å². The summed E-state index contributed by atoms with van der Waals surface area (Å²) < 4.78 is 11.3. The van der Waals surface area contributed by atoms with Crippen molar-refractivity contribution in [3.63, 3.8) is 0 Å². The molecule has 4 nitrogen and oxygen atoms in total. The fourth-order valence-electron chi connectivity index (χ4n) is 2.30. The summed E-state index contributed by atoms with van der Waals surface area (Å²) in [4.78, 5) is 12.2. The third kappa shape index (κ3) is 4.35. The van der Waals surface area contributed by atoms with Crippen LogP contribution in [0.3, 0.4) is 0 Å². The van der Waals surface area contributed by atoms with Gasteiger partial charge in [-0.2, -0.15) is 0 Å². The predicted octanol–water partition coefficient (Wildman–Crippen LogP) is 0.897. The third-order valence-corrected chi connectivity index (χ3v) is 5.14. The predicted molar refractivity (Wildman–Crippen MR) is 75.9 cm³/mol. The second-order valence-corrected chi connectivity index (χ2v) is 7.32. The molecule has 0 radical (unpaired) electrons. The van der Waals surface area contributed by atoms with Gasteiger partial charge in [0.1, 0.15) is 0 Å². The van der Waals surface area contributed by atoms with Crippen LogP contribution in [0.5, 0.6) is 0 Å². The number of amides is 1. The average Bonchev–Trinajstić information content (AvgIpc) is 2.39. The summed E-state index contributed by atoms with van der Waals surface area (Å²) in [6, 6.07) is 0. The van der Waals surface area contributed by atoms with Gasteiger partial charge in [-0.05, 0) is 31.8 Å². The summed E-state index contributed by atoms with van der Waals surface area (Å²) in [5, 5.41) is 6.28. The minimum Gasteiger partial charge on any atom is -0.355 e. The molecular weight excluding hydrogens is 248 g/mol. The van der Waals surface area contributed by atoms with Crippen molar-refractivity contribution in [1.29, 1.82) is 0 Å². The molecular formula is C13H26N2O2S. The zero-order valence-corrected chi connectivity index (χ0v) is 12.6. The topological polar surface area (TPSA) is 58.2 Å². The summed E-state index contributed by atoms with van der Waals surface area (Å²) >= 11 is 0. The van der Waals surface area contributed by atoms with Gasteiger partial charge in [0, 0.05) is 34.3 Å². The van der Waals surface area contributed by atoms with Crippen LogP contribution in [0.2, 0.25) is 0 Å². The van der Waals surface area contributed by atoms with E-state index in [2.05, 4.69) is 10.6 Å². The Hall–Kier alpha value is -0.420. The highest BCUT2D eigenvalue weighted by Crippen LogP contribution is 2.31. The molecule has 106 valence electrons. The normalized spacial score (nSPS) is 22.5. The standard InChI is InChI=1S/C13H26N2O2S/c1-4-18(17)9-8-15-12(16)13(2,3)11-6-5-7-14-10-11/h11,14H,4-10H2,1-3H3,(H,15,16). The lowest BCUT2D eigenvalue weighted by molar-refractivity contribution is -0.132. The molecule has 0 bridgehead atoms. The molecule has 0 aromatic carbocycles. The quantitative estimate of drug-likeness (QED) is 0.756. The number of nitrogens with one attached hydrogen (secondary N) is 2. The van der Waals surface area contributed by atoms with Crippen LogP contribution in [0.25, 0.3) is 0 Å². The van der Waals surface area contributed by atoms with Crippen molar-refractivity contribution in [2.75, 3.05) is 31.1 Å². The van der Waals surface area contributed by atoms with Gasteiger partial charge in [-0.1, -0.05) is 20.8 Å². The first-order chi connectivity index (χ1) is 8.48. The molecule has 2 unspecified atom stereocenters. The molecule has 0 saturated carbocycles. The van der Waals surface area contributed by atoms with Crippen LogP contribution in [0.1, 0.15) is 33.6 Å². The highest BCUT2D eigenvalue weighted by Gasteiger charge is 2.36. The Morgan fingerprint density at radius 3 is 2.78 bits per heavy atom. The van der Waals surface area contributed by atoms with E-state index in [-0.39, 0.29) is 11.3 Å². The number of carbonyl (C=O) groups is 1. The van der Waals surface area contributed by atoms with Gasteiger partial charge in [0.15, 0.2) is 0 Å². The molecule has 1 saturated heterocycles. The zero-order chi connectivity index (χ0) is 13.6. The van der Waals surface area contributed by atoms with E-state index in [1.807, 2.05) is 20.8 Å². The molecule has 18 heavy (non-hydrogen) atoms. The van der Waals surface area contributed by atoms with Crippen molar-refractivity contribution in [1.82, 2.24) is 10.6 Å². The van der Waals surface area contributed by atoms with Crippen LogP contribution < -0.4 is 10.6 Å². The molecule has 5 heteroatoms. The molecule has 1 amide bonds. The fourth-order valence-corrected chi connectivity index (χ4v) is 2.92. The monoisotopic (exact) mass is 274 g/mol. The molecule has 1 aliphatic heterocycles. The largest absolute Gasteiger partial charge is 0.355 e. The number of hydrogen-bond acceptors (Lipinski definition) is 3. The molecule has 0 aliphatic carbocycles. The van der Waals surface area contributed by atoms with Gasteiger partial charge in [0.05, 0.1) is 0 Å². The van der Waals surface area contributed by atoms with Crippen molar-refractivity contribution in [3.8, 4) is 0 Å². The van der Waals surface area contributed by atoms with Gasteiger partial charge in [-0.3, -0.25) is 9.00 Å². The first-order valence-corrected chi connectivity index (χ1v) is 8.31. The molecule has 2 atom stereocenters. The van der Waals surface area contributed by atoms with Crippen molar-refractivity contribution in [2.45, 2.75) is 33.6 Å². The Kier molecular flexibility index (Phi) is 6.29. The van der Waals surface area contributed by atoms with Crippen LogP contribution in [0.15, 0.2) is 0 Å². The van der Waals surface area contributed by atoms with E-state index in [4.69, 9.17) is 0 Å². The second-order valence-electron chi connectivity index (χ2n) is 5.45. The maximum absolute atomic E-state index is 12.2. The lowest BCUT2D eigenvalue weighted by Gasteiger charge is -2.36. The lowest BCUT2D eigenvalue weighted by Crippen LogP contribution is -2.47. The third-order valence-electron chi connectivity index (χ3n) is 3.84. The average molecular weight is 274 g/mol. The van der Waals surface area contributed by atoms with E-state index in [9.17, 15) is 9.00 Å².